The van der Waals surface area contributed by atoms with Gasteiger partial charge < -0.3 is 9.84 Å². The zero-order valence-corrected chi connectivity index (χ0v) is 13.2. The summed E-state index contributed by atoms with van der Waals surface area (Å²) in [5.74, 6) is 0.374. The molecule has 23 heavy (non-hydrogen) atoms. The number of carbonyl (C=O) groups is 1. The highest BCUT2D eigenvalue weighted by atomic mass is 16.5. The second-order valence-electron chi connectivity index (χ2n) is 6.01. The van der Waals surface area contributed by atoms with Crippen LogP contribution in [-0.2, 0) is 13.0 Å². The smallest absolute Gasteiger partial charge is 0.335 e. The number of methoxy groups -OCH3 is 1. The van der Waals surface area contributed by atoms with Gasteiger partial charge in [0.05, 0.1) is 12.7 Å². The molecule has 0 spiro atoms. The third-order valence-electron chi connectivity index (χ3n) is 4.36. The summed E-state index contributed by atoms with van der Waals surface area (Å²) < 4.78 is 5.38. The Labute approximate surface area is 135 Å². The highest BCUT2D eigenvalue weighted by Crippen LogP contribution is 2.27. The zero-order valence-electron chi connectivity index (χ0n) is 13.2. The van der Waals surface area contributed by atoms with E-state index in [2.05, 4.69) is 15.1 Å². The van der Waals surface area contributed by atoms with Gasteiger partial charge in [0, 0.05) is 25.0 Å². The molecule has 3 rings (SSSR count). The monoisotopic (exact) mass is 315 g/mol. The van der Waals surface area contributed by atoms with Gasteiger partial charge in [0.1, 0.15) is 5.75 Å². The summed E-state index contributed by atoms with van der Waals surface area (Å²) in [6.45, 7) is 2.92. The maximum atomic E-state index is 11.2. The van der Waals surface area contributed by atoms with E-state index in [4.69, 9.17) is 9.84 Å². The van der Waals surface area contributed by atoms with Crippen LogP contribution in [0.4, 0.5) is 0 Å². The van der Waals surface area contributed by atoms with Crippen LogP contribution in [0.2, 0.25) is 0 Å². The lowest BCUT2D eigenvalue weighted by Gasteiger charge is -2.16. The molecule has 0 amide bonds. The van der Waals surface area contributed by atoms with Crippen molar-refractivity contribution in [3.8, 4) is 5.75 Å². The van der Waals surface area contributed by atoms with Crippen molar-refractivity contribution in [1.82, 2.24) is 15.1 Å². The van der Waals surface area contributed by atoms with Gasteiger partial charge in [-0.25, -0.2) is 4.79 Å². The Balaban J connectivity index is 1.65. The first-order valence-electron chi connectivity index (χ1n) is 7.76. The number of aromatic amines is 1. The van der Waals surface area contributed by atoms with Gasteiger partial charge in [0.25, 0.3) is 0 Å². The fourth-order valence-electron chi connectivity index (χ4n) is 3.22. The van der Waals surface area contributed by atoms with Crippen LogP contribution in [0.1, 0.15) is 28.0 Å². The molecular weight excluding hydrogens is 294 g/mol. The molecule has 2 heterocycles. The number of nitrogens with one attached hydrogen (secondary N) is 1. The molecule has 1 aliphatic heterocycles. The number of rotatable bonds is 6. The number of ether oxygens (including phenoxy) is 1. The molecule has 1 aliphatic rings. The van der Waals surface area contributed by atoms with E-state index in [0.717, 1.165) is 49.5 Å². The Morgan fingerprint density at radius 3 is 3.04 bits per heavy atom. The highest BCUT2D eigenvalue weighted by molar-refractivity contribution is 5.88. The molecule has 1 fully saturated rings. The van der Waals surface area contributed by atoms with Gasteiger partial charge in [-0.3, -0.25) is 10.00 Å². The van der Waals surface area contributed by atoms with Gasteiger partial charge >= 0.3 is 5.97 Å². The highest BCUT2D eigenvalue weighted by Gasteiger charge is 2.24. The molecule has 2 aromatic rings. The van der Waals surface area contributed by atoms with Crippen molar-refractivity contribution in [3.63, 3.8) is 0 Å². The number of hydrogen-bond donors (Lipinski definition) is 2. The number of aromatic carboxylic acids is 1. The molecule has 0 radical (unpaired) electrons. The summed E-state index contributed by atoms with van der Waals surface area (Å²) in [6, 6.07) is 7.06. The van der Waals surface area contributed by atoms with Crippen LogP contribution in [-0.4, -0.2) is 46.4 Å². The van der Waals surface area contributed by atoms with Crippen LogP contribution in [0.15, 0.2) is 30.5 Å². The largest absolute Gasteiger partial charge is 0.496 e. The van der Waals surface area contributed by atoms with Crippen LogP contribution >= 0.6 is 0 Å². The van der Waals surface area contributed by atoms with E-state index in [1.54, 1.807) is 31.5 Å². The Kier molecular flexibility index (Phi) is 4.62. The molecule has 122 valence electrons. The molecule has 0 bridgehead atoms. The minimum absolute atomic E-state index is 0.313. The second kappa shape index (κ2) is 6.83. The average Bonchev–Trinajstić information content (AvgIpc) is 3.20. The van der Waals surface area contributed by atoms with Crippen molar-refractivity contribution in [1.29, 1.82) is 0 Å². The van der Waals surface area contributed by atoms with E-state index < -0.39 is 5.97 Å². The number of carboxylic acids is 1. The third-order valence-corrected chi connectivity index (χ3v) is 4.36. The molecular formula is C17H21N3O3. The number of benzene rings is 1. The molecule has 2 N–H and O–H groups in total. The summed E-state index contributed by atoms with van der Waals surface area (Å²) in [4.78, 5) is 13.6. The van der Waals surface area contributed by atoms with Gasteiger partial charge in [-0.2, -0.15) is 5.10 Å². The summed E-state index contributed by atoms with van der Waals surface area (Å²) in [5.41, 5.74) is 2.41. The molecule has 1 unspecified atom stereocenters. The molecule has 6 nitrogen and oxygen atoms in total. The van der Waals surface area contributed by atoms with Crippen LogP contribution in [0, 0.1) is 5.92 Å². The molecule has 1 aromatic heterocycles. The second-order valence-corrected chi connectivity index (χ2v) is 6.01. The fraction of sp³-hybridized carbons (Fsp3) is 0.412. The summed E-state index contributed by atoms with van der Waals surface area (Å²) in [6.07, 6.45) is 3.71. The first kappa shape index (κ1) is 15.6. The van der Waals surface area contributed by atoms with E-state index in [1.165, 1.54) is 0 Å². The van der Waals surface area contributed by atoms with E-state index in [0.29, 0.717) is 11.5 Å². The van der Waals surface area contributed by atoms with Crippen molar-refractivity contribution >= 4 is 5.97 Å². The third kappa shape index (κ3) is 3.71. The Bertz CT molecular complexity index is 670. The van der Waals surface area contributed by atoms with E-state index in [-0.39, 0.29) is 0 Å². The minimum Gasteiger partial charge on any atom is -0.496 e. The Morgan fingerprint density at radius 2 is 2.35 bits per heavy atom. The van der Waals surface area contributed by atoms with E-state index in [9.17, 15) is 4.79 Å². The number of carboxylic acid groups (broad SMARTS) is 1. The van der Waals surface area contributed by atoms with E-state index in [1.807, 2.05) is 6.07 Å². The predicted molar refractivity (Wildman–Crippen MR) is 85.6 cm³/mol. The van der Waals surface area contributed by atoms with Crippen LogP contribution < -0.4 is 4.74 Å². The molecule has 0 aliphatic carbocycles. The molecule has 1 atom stereocenters. The van der Waals surface area contributed by atoms with Gasteiger partial charge in [-0.15, -0.1) is 0 Å². The van der Waals surface area contributed by atoms with Crippen molar-refractivity contribution in [2.75, 3.05) is 20.2 Å². The Morgan fingerprint density at radius 1 is 1.48 bits per heavy atom. The summed E-state index contributed by atoms with van der Waals surface area (Å²) in [5, 5.41) is 16.1. The van der Waals surface area contributed by atoms with Crippen LogP contribution in [0.3, 0.4) is 0 Å². The average molecular weight is 315 g/mol. The van der Waals surface area contributed by atoms with Crippen LogP contribution in [0.5, 0.6) is 5.75 Å². The maximum Gasteiger partial charge on any atom is 0.335 e. The van der Waals surface area contributed by atoms with Crippen molar-refractivity contribution in [3.05, 3.63) is 47.3 Å². The van der Waals surface area contributed by atoms with Gasteiger partial charge in [0.2, 0.25) is 0 Å². The zero-order chi connectivity index (χ0) is 16.2. The SMILES string of the molecule is COc1ccc(C(=O)O)cc1CC1CCN(Cc2ccn[nH]2)C1. The van der Waals surface area contributed by atoms with Crippen molar-refractivity contribution < 1.29 is 14.6 Å². The van der Waals surface area contributed by atoms with Gasteiger partial charge in [0.15, 0.2) is 0 Å². The molecule has 0 saturated carbocycles. The minimum atomic E-state index is -0.902. The summed E-state index contributed by atoms with van der Waals surface area (Å²) in [7, 11) is 1.62. The summed E-state index contributed by atoms with van der Waals surface area (Å²) >= 11 is 0. The number of hydrogen-bond acceptors (Lipinski definition) is 4. The quantitative estimate of drug-likeness (QED) is 0.854. The molecule has 1 saturated heterocycles. The normalized spacial score (nSPS) is 18.2. The van der Waals surface area contributed by atoms with Crippen molar-refractivity contribution in [2.24, 2.45) is 5.92 Å². The maximum absolute atomic E-state index is 11.2. The number of H-pyrrole nitrogens is 1. The molecule has 1 aromatic carbocycles. The van der Waals surface area contributed by atoms with Gasteiger partial charge in [-0.1, -0.05) is 0 Å². The van der Waals surface area contributed by atoms with Crippen molar-refractivity contribution in [2.45, 2.75) is 19.4 Å². The molecule has 6 heteroatoms. The number of aromatic nitrogens is 2. The standard InChI is InChI=1S/C17H21N3O3/c1-23-16-3-2-13(17(21)22)9-14(16)8-12-5-7-20(10-12)11-15-4-6-18-19-15/h2-4,6,9,12H,5,7-8,10-11H2,1H3,(H,18,19)(H,21,22). The first-order chi connectivity index (χ1) is 11.2. The predicted octanol–water partition coefficient (Wildman–Crippen LogP) is 2.18. The topological polar surface area (TPSA) is 78.5 Å². The van der Waals surface area contributed by atoms with Gasteiger partial charge in [-0.05, 0) is 55.1 Å². The Hall–Kier alpha value is -2.34. The lowest BCUT2D eigenvalue weighted by Crippen LogP contribution is -2.21. The first-order valence-corrected chi connectivity index (χ1v) is 7.76. The van der Waals surface area contributed by atoms with Crippen LogP contribution in [0.25, 0.3) is 0 Å². The lowest BCUT2D eigenvalue weighted by molar-refractivity contribution is 0.0696. The van der Waals surface area contributed by atoms with E-state index >= 15 is 0 Å². The number of likely N-dealkylation sites (tertiary alicyclic amines) is 1. The lowest BCUT2D eigenvalue weighted by atomic mass is 9.96. The number of nitrogens with zero attached hydrogens (tertiary/aromatic N) is 2. The fourth-order valence-corrected chi connectivity index (χ4v) is 3.22.